The lowest BCUT2D eigenvalue weighted by atomic mass is 10.2. The lowest BCUT2D eigenvalue weighted by Crippen LogP contribution is -2.38. The summed E-state index contributed by atoms with van der Waals surface area (Å²) in [6.07, 6.45) is 2.17. The van der Waals surface area contributed by atoms with Crippen LogP contribution in [0.3, 0.4) is 0 Å². The first-order chi connectivity index (χ1) is 8.40. The second kappa shape index (κ2) is 5.46. The number of sulfonamides is 1. The van der Waals surface area contributed by atoms with Crippen LogP contribution in [0.4, 0.5) is 0 Å². The minimum absolute atomic E-state index is 0.0790. The Labute approximate surface area is 120 Å². The van der Waals surface area contributed by atoms with Gasteiger partial charge in [0.05, 0.1) is 5.02 Å². The van der Waals surface area contributed by atoms with E-state index in [1.807, 2.05) is 0 Å². The van der Waals surface area contributed by atoms with Crippen molar-refractivity contribution in [3.05, 3.63) is 27.7 Å². The monoisotopic (exact) mass is 352 g/mol. The molecule has 0 spiro atoms. The summed E-state index contributed by atoms with van der Waals surface area (Å²) in [5.41, 5.74) is 5.86. The fourth-order valence-electron chi connectivity index (χ4n) is 1.67. The maximum Gasteiger partial charge on any atom is 0.242 e. The minimum atomic E-state index is -3.59. The average molecular weight is 354 g/mol. The topological polar surface area (TPSA) is 72.2 Å². The van der Waals surface area contributed by atoms with Crippen LogP contribution in [0.15, 0.2) is 27.6 Å². The van der Waals surface area contributed by atoms with Crippen molar-refractivity contribution in [2.24, 2.45) is 11.7 Å². The molecule has 1 fully saturated rings. The van der Waals surface area contributed by atoms with Gasteiger partial charge >= 0.3 is 0 Å². The van der Waals surface area contributed by atoms with Gasteiger partial charge in [-0.2, -0.15) is 0 Å². The summed E-state index contributed by atoms with van der Waals surface area (Å²) in [4.78, 5) is 0.0790. The van der Waals surface area contributed by atoms with E-state index in [9.17, 15) is 8.42 Å². The van der Waals surface area contributed by atoms with Crippen molar-refractivity contribution in [3.63, 3.8) is 0 Å². The van der Waals surface area contributed by atoms with Gasteiger partial charge in [-0.05, 0) is 37.0 Å². The Morgan fingerprint density at radius 1 is 1.50 bits per heavy atom. The van der Waals surface area contributed by atoms with Crippen molar-refractivity contribution in [2.75, 3.05) is 6.54 Å². The first-order valence-corrected chi connectivity index (χ1v) is 8.26. The van der Waals surface area contributed by atoms with E-state index in [1.54, 1.807) is 12.1 Å². The zero-order valence-corrected chi connectivity index (χ0v) is 12.7. The Morgan fingerprint density at radius 3 is 2.72 bits per heavy atom. The maximum absolute atomic E-state index is 12.0. The molecule has 3 N–H and O–H groups in total. The van der Waals surface area contributed by atoms with Crippen LogP contribution in [0.2, 0.25) is 5.02 Å². The van der Waals surface area contributed by atoms with Crippen molar-refractivity contribution >= 4 is 37.6 Å². The summed E-state index contributed by atoms with van der Waals surface area (Å²) in [5.74, 6) is 0.452. The van der Waals surface area contributed by atoms with Gasteiger partial charge < -0.3 is 5.73 Å². The lowest BCUT2D eigenvalue weighted by Gasteiger charge is -2.13. The second-order valence-electron chi connectivity index (χ2n) is 4.43. The third kappa shape index (κ3) is 3.45. The third-order valence-corrected chi connectivity index (χ3v) is 5.32. The fourth-order valence-corrected chi connectivity index (χ4v) is 3.78. The highest BCUT2D eigenvalue weighted by Gasteiger charge is 2.29. The lowest BCUT2D eigenvalue weighted by molar-refractivity contribution is 0.548. The zero-order valence-electron chi connectivity index (χ0n) is 9.57. The molecule has 1 aliphatic carbocycles. The van der Waals surface area contributed by atoms with Crippen LogP contribution in [-0.4, -0.2) is 21.0 Å². The summed E-state index contributed by atoms with van der Waals surface area (Å²) in [6.45, 7) is 0.249. The molecular formula is C11H14BrClN2O2S. The van der Waals surface area contributed by atoms with Gasteiger partial charge in [-0.1, -0.05) is 27.5 Å². The molecule has 0 saturated heterocycles. The molecule has 1 aromatic rings. The number of rotatable bonds is 5. The molecule has 18 heavy (non-hydrogen) atoms. The average Bonchev–Trinajstić information content (AvgIpc) is 3.09. The summed E-state index contributed by atoms with van der Waals surface area (Å²) in [7, 11) is -3.59. The van der Waals surface area contributed by atoms with Crippen LogP contribution in [-0.2, 0) is 10.0 Å². The van der Waals surface area contributed by atoms with Crippen LogP contribution in [0.25, 0.3) is 0 Å². The smallest absolute Gasteiger partial charge is 0.242 e. The predicted octanol–water partition coefficient (Wildman–Crippen LogP) is 2.12. The molecule has 100 valence electrons. The van der Waals surface area contributed by atoms with E-state index in [1.165, 1.54) is 6.07 Å². The van der Waals surface area contributed by atoms with Crippen molar-refractivity contribution < 1.29 is 8.42 Å². The largest absolute Gasteiger partial charge is 0.326 e. The van der Waals surface area contributed by atoms with Crippen LogP contribution in [0, 0.1) is 5.92 Å². The van der Waals surface area contributed by atoms with Crippen LogP contribution in [0.1, 0.15) is 12.8 Å². The highest BCUT2D eigenvalue weighted by molar-refractivity contribution is 9.10. The molecule has 0 bridgehead atoms. The molecule has 2 rings (SSSR count). The molecule has 1 unspecified atom stereocenters. The maximum atomic E-state index is 12.0. The predicted molar refractivity (Wildman–Crippen MR) is 75.0 cm³/mol. The Bertz CT molecular complexity index is 546. The van der Waals surface area contributed by atoms with Crippen molar-refractivity contribution in [2.45, 2.75) is 23.8 Å². The number of hydrogen-bond acceptors (Lipinski definition) is 3. The van der Waals surface area contributed by atoms with Crippen LogP contribution in [0.5, 0.6) is 0 Å². The zero-order chi connectivity index (χ0) is 13.3. The molecular weight excluding hydrogens is 340 g/mol. The quantitative estimate of drug-likeness (QED) is 0.851. The molecule has 1 saturated carbocycles. The van der Waals surface area contributed by atoms with E-state index >= 15 is 0 Å². The molecule has 0 amide bonds. The molecule has 4 nitrogen and oxygen atoms in total. The normalized spacial score (nSPS) is 17.7. The van der Waals surface area contributed by atoms with Gasteiger partial charge in [0.25, 0.3) is 0 Å². The van der Waals surface area contributed by atoms with Gasteiger partial charge in [0.15, 0.2) is 0 Å². The van der Waals surface area contributed by atoms with E-state index in [2.05, 4.69) is 20.7 Å². The Kier molecular flexibility index (Phi) is 4.33. The second-order valence-corrected chi connectivity index (χ2v) is 7.49. The van der Waals surface area contributed by atoms with Crippen molar-refractivity contribution in [1.29, 1.82) is 0 Å². The first-order valence-electron chi connectivity index (χ1n) is 5.60. The molecule has 0 radical (unpaired) electrons. The highest BCUT2D eigenvalue weighted by Crippen LogP contribution is 2.31. The van der Waals surface area contributed by atoms with E-state index in [4.69, 9.17) is 17.3 Å². The molecule has 1 atom stereocenters. The first kappa shape index (κ1) is 14.3. The Hall–Kier alpha value is -0.140. The third-order valence-electron chi connectivity index (χ3n) is 2.92. The van der Waals surface area contributed by atoms with E-state index in [-0.39, 0.29) is 22.5 Å². The SMILES string of the molecule is NC(CNS(=O)(=O)c1ccc(Br)cc1Cl)C1CC1. The summed E-state index contributed by atoms with van der Waals surface area (Å²) >= 11 is 9.16. The van der Waals surface area contributed by atoms with E-state index < -0.39 is 10.0 Å². The molecule has 7 heteroatoms. The van der Waals surface area contributed by atoms with Gasteiger partial charge in [-0.3, -0.25) is 0 Å². The Morgan fingerprint density at radius 2 is 2.17 bits per heavy atom. The van der Waals surface area contributed by atoms with Crippen molar-refractivity contribution in [3.8, 4) is 0 Å². The number of hydrogen-bond donors (Lipinski definition) is 2. The fraction of sp³-hybridized carbons (Fsp3) is 0.455. The van der Waals surface area contributed by atoms with Gasteiger partial charge in [-0.15, -0.1) is 0 Å². The van der Waals surface area contributed by atoms with Crippen LogP contribution >= 0.6 is 27.5 Å². The van der Waals surface area contributed by atoms with Gasteiger partial charge in [-0.25, -0.2) is 13.1 Å². The molecule has 0 aromatic heterocycles. The summed E-state index contributed by atoms with van der Waals surface area (Å²) in [5, 5.41) is 0.192. The van der Waals surface area contributed by atoms with E-state index in [0.717, 1.165) is 17.3 Å². The highest BCUT2D eigenvalue weighted by atomic mass is 79.9. The number of benzene rings is 1. The number of halogens is 2. The molecule has 0 aliphatic heterocycles. The van der Waals surface area contributed by atoms with Gasteiger partial charge in [0, 0.05) is 17.1 Å². The van der Waals surface area contributed by atoms with Gasteiger partial charge in [0.1, 0.15) is 4.90 Å². The summed E-state index contributed by atoms with van der Waals surface area (Å²) in [6, 6.07) is 4.55. The van der Waals surface area contributed by atoms with Gasteiger partial charge in [0.2, 0.25) is 10.0 Å². The molecule has 0 heterocycles. The van der Waals surface area contributed by atoms with Crippen LogP contribution < -0.4 is 10.5 Å². The standard InChI is InChI=1S/C11H14BrClN2O2S/c12-8-3-4-11(9(13)5-8)18(16,17)15-6-10(14)7-1-2-7/h3-5,7,10,15H,1-2,6,14H2. The van der Waals surface area contributed by atoms with E-state index in [0.29, 0.717) is 5.92 Å². The minimum Gasteiger partial charge on any atom is -0.326 e. The Balaban J connectivity index is 2.09. The molecule has 1 aliphatic rings. The summed E-state index contributed by atoms with van der Waals surface area (Å²) < 4.78 is 27.3. The van der Waals surface area contributed by atoms with Crippen molar-refractivity contribution in [1.82, 2.24) is 4.72 Å². The number of nitrogens with one attached hydrogen (secondary N) is 1. The number of nitrogens with two attached hydrogens (primary N) is 1. The molecule has 1 aromatic carbocycles.